The zero-order chi connectivity index (χ0) is 20.7. The van der Waals surface area contributed by atoms with Crippen molar-refractivity contribution in [3.05, 3.63) is 68.9 Å². The highest BCUT2D eigenvalue weighted by Crippen LogP contribution is 2.35. The van der Waals surface area contributed by atoms with Gasteiger partial charge in [0.15, 0.2) is 5.13 Å². The maximum absolute atomic E-state index is 13.6. The highest BCUT2D eigenvalue weighted by Gasteiger charge is 2.26. The minimum atomic E-state index is -0.109. The number of nitrogens with zero attached hydrogens (tertiary/aromatic N) is 4. The SMILES string of the molecule is O=C(c1sc(N2CCOCC2)nc1-c1ccc(Cl)cc1)c1cnc2ccc(Br)cn12. The quantitative estimate of drug-likeness (QED) is 0.369. The predicted octanol–water partition coefficient (Wildman–Crippen LogP) is 4.94. The Kier molecular flexibility index (Phi) is 5.32. The van der Waals surface area contributed by atoms with Gasteiger partial charge in [-0.2, -0.15) is 0 Å². The number of rotatable bonds is 4. The first-order chi connectivity index (χ1) is 14.6. The molecule has 0 amide bonds. The lowest BCUT2D eigenvalue weighted by Crippen LogP contribution is -2.36. The van der Waals surface area contributed by atoms with Crippen molar-refractivity contribution in [2.45, 2.75) is 0 Å². The maximum atomic E-state index is 13.6. The van der Waals surface area contributed by atoms with E-state index in [9.17, 15) is 4.79 Å². The van der Waals surface area contributed by atoms with Crippen LogP contribution in [-0.2, 0) is 4.74 Å². The smallest absolute Gasteiger partial charge is 0.223 e. The van der Waals surface area contributed by atoms with Crippen LogP contribution >= 0.6 is 38.9 Å². The lowest BCUT2D eigenvalue weighted by atomic mass is 10.1. The molecule has 0 spiro atoms. The number of carbonyl (C=O) groups is 1. The summed E-state index contributed by atoms with van der Waals surface area (Å²) in [4.78, 5) is 25.6. The molecule has 0 aliphatic carbocycles. The number of imidazole rings is 1. The lowest BCUT2D eigenvalue weighted by Gasteiger charge is -2.26. The fourth-order valence-electron chi connectivity index (χ4n) is 3.40. The van der Waals surface area contributed by atoms with Crippen LogP contribution in [0.1, 0.15) is 15.4 Å². The molecule has 0 saturated carbocycles. The van der Waals surface area contributed by atoms with Gasteiger partial charge >= 0.3 is 0 Å². The molecule has 9 heteroatoms. The molecule has 1 saturated heterocycles. The van der Waals surface area contributed by atoms with Crippen LogP contribution in [0, 0.1) is 0 Å². The average Bonchev–Trinajstić information content (AvgIpc) is 3.39. The Labute approximate surface area is 190 Å². The second-order valence-corrected chi connectivity index (χ2v) is 9.16. The summed E-state index contributed by atoms with van der Waals surface area (Å²) in [5, 5.41) is 1.46. The lowest BCUT2D eigenvalue weighted by molar-refractivity contribution is 0.103. The summed E-state index contributed by atoms with van der Waals surface area (Å²) < 4.78 is 8.13. The molecular weight excluding hydrogens is 488 g/mol. The van der Waals surface area contributed by atoms with E-state index in [1.54, 1.807) is 10.6 Å². The van der Waals surface area contributed by atoms with Crippen molar-refractivity contribution in [1.82, 2.24) is 14.4 Å². The fourth-order valence-corrected chi connectivity index (χ4v) is 4.95. The monoisotopic (exact) mass is 502 g/mol. The van der Waals surface area contributed by atoms with Crippen LogP contribution in [0.25, 0.3) is 16.9 Å². The number of halogens is 2. The molecule has 5 rings (SSSR count). The third-order valence-electron chi connectivity index (χ3n) is 4.92. The van der Waals surface area contributed by atoms with Crippen LogP contribution in [0.5, 0.6) is 0 Å². The third kappa shape index (κ3) is 3.65. The number of morpholine rings is 1. The van der Waals surface area contributed by atoms with E-state index in [0.29, 0.717) is 40.1 Å². The van der Waals surface area contributed by atoms with E-state index in [-0.39, 0.29) is 5.78 Å². The van der Waals surface area contributed by atoms with Crippen molar-refractivity contribution in [3.63, 3.8) is 0 Å². The number of hydrogen-bond acceptors (Lipinski definition) is 6. The van der Waals surface area contributed by atoms with E-state index in [2.05, 4.69) is 25.8 Å². The molecule has 0 N–H and O–H groups in total. The van der Waals surface area contributed by atoms with Gasteiger partial charge in [-0.15, -0.1) is 0 Å². The zero-order valence-corrected chi connectivity index (χ0v) is 18.9. The zero-order valence-electron chi connectivity index (χ0n) is 15.7. The van der Waals surface area contributed by atoms with Gasteiger partial charge in [-0.05, 0) is 40.2 Å². The summed E-state index contributed by atoms with van der Waals surface area (Å²) in [6, 6.07) is 11.2. The molecule has 6 nitrogen and oxygen atoms in total. The summed E-state index contributed by atoms with van der Waals surface area (Å²) in [7, 11) is 0. The molecule has 0 radical (unpaired) electrons. The molecule has 0 bridgehead atoms. The van der Waals surface area contributed by atoms with Gasteiger partial charge < -0.3 is 9.64 Å². The normalized spacial score (nSPS) is 14.4. The standard InChI is InChI=1S/C21H16BrClN4O2S/c22-14-3-6-17-24-11-16(27(17)12-14)19(28)20-18(13-1-4-15(23)5-2-13)25-21(30-20)26-7-9-29-10-8-26/h1-6,11-12H,7-10H2. The molecular formula is C21H16BrClN4O2S. The molecule has 3 aromatic heterocycles. The van der Waals surface area contributed by atoms with E-state index < -0.39 is 0 Å². The molecule has 4 heterocycles. The second-order valence-electron chi connectivity index (χ2n) is 6.83. The first-order valence-corrected chi connectivity index (χ1v) is 11.4. The Balaban J connectivity index is 1.63. The fraction of sp³-hybridized carbons (Fsp3) is 0.190. The molecule has 1 aliphatic heterocycles. The van der Waals surface area contributed by atoms with E-state index in [4.69, 9.17) is 21.3 Å². The van der Waals surface area contributed by atoms with Crippen molar-refractivity contribution >= 4 is 55.4 Å². The van der Waals surface area contributed by atoms with Gasteiger partial charge in [-0.1, -0.05) is 35.1 Å². The highest BCUT2D eigenvalue weighted by molar-refractivity contribution is 9.10. The van der Waals surface area contributed by atoms with Crippen LogP contribution in [0.4, 0.5) is 5.13 Å². The van der Waals surface area contributed by atoms with Gasteiger partial charge in [0, 0.05) is 34.3 Å². The minimum Gasteiger partial charge on any atom is -0.378 e. The van der Waals surface area contributed by atoms with Gasteiger partial charge in [0.25, 0.3) is 0 Å². The number of benzene rings is 1. The topological polar surface area (TPSA) is 59.7 Å². The summed E-state index contributed by atoms with van der Waals surface area (Å²) in [5.74, 6) is -0.109. The number of ether oxygens (including phenoxy) is 1. The number of hydrogen-bond donors (Lipinski definition) is 0. The Morgan fingerprint density at radius 1 is 1.13 bits per heavy atom. The van der Waals surface area contributed by atoms with E-state index in [0.717, 1.165) is 28.3 Å². The first kappa shape index (κ1) is 19.7. The number of fused-ring (bicyclic) bond motifs is 1. The van der Waals surface area contributed by atoms with Crippen molar-refractivity contribution in [2.75, 3.05) is 31.2 Å². The summed E-state index contributed by atoms with van der Waals surface area (Å²) in [6.07, 6.45) is 3.46. The molecule has 1 aliphatic rings. The van der Waals surface area contributed by atoms with Crippen molar-refractivity contribution in [2.24, 2.45) is 0 Å². The number of carbonyl (C=O) groups excluding carboxylic acids is 1. The Morgan fingerprint density at radius 2 is 1.90 bits per heavy atom. The van der Waals surface area contributed by atoms with E-state index >= 15 is 0 Å². The molecule has 152 valence electrons. The first-order valence-electron chi connectivity index (χ1n) is 9.37. The molecule has 1 fully saturated rings. The molecule has 4 aromatic rings. The Bertz CT molecular complexity index is 1230. The number of ketones is 1. The van der Waals surface area contributed by atoms with Crippen molar-refractivity contribution in [1.29, 1.82) is 0 Å². The van der Waals surface area contributed by atoms with Gasteiger partial charge in [0.1, 0.15) is 16.2 Å². The van der Waals surface area contributed by atoms with Gasteiger partial charge in [0.05, 0.1) is 25.1 Å². The third-order valence-corrected chi connectivity index (χ3v) is 6.76. The number of aromatic nitrogens is 3. The molecule has 0 atom stereocenters. The van der Waals surface area contributed by atoms with Gasteiger partial charge in [-0.25, -0.2) is 9.97 Å². The largest absolute Gasteiger partial charge is 0.378 e. The van der Waals surface area contributed by atoms with E-state index in [1.165, 1.54) is 11.3 Å². The van der Waals surface area contributed by atoms with Crippen molar-refractivity contribution < 1.29 is 9.53 Å². The minimum absolute atomic E-state index is 0.109. The second kappa shape index (κ2) is 8.11. The molecule has 0 unspecified atom stereocenters. The average molecular weight is 504 g/mol. The maximum Gasteiger partial charge on any atom is 0.223 e. The highest BCUT2D eigenvalue weighted by atomic mass is 79.9. The van der Waals surface area contributed by atoms with Crippen LogP contribution in [0.2, 0.25) is 5.02 Å². The van der Waals surface area contributed by atoms with Gasteiger partial charge in [0.2, 0.25) is 5.78 Å². The number of thiazole rings is 1. The molecule has 30 heavy (non-hydrogen) atoms. The number of anilines is 1. The Morgan fingerprint density at radius 3 is 2.67 bits per heavy atom. The summed E-state index contributed by atoms with van der Waals surface area (Å²) in [6.45, 7) is 2.81. The predicted molar refractivity (Wildman–Crippen MR) is 122 cm³/mol. The van der Waals surface area contributed by atoms with E-state index in [1.807, 2.05) is 42.6 Å². The molecule has 1 aromatic carbocycles. The van der Waals surface area contributed by atoms with Crippen LogP contribution in [-0.4, -0.2) is 46.5 Å². The van der Waals surface area contributed by atoms with Crippen LogP contribution in [0.15, 0.2) is 53.3 Å². The van der Waals surface area contributed by atoms with Gasteiger partial charge in [-0.3, -0.25) is 9.20 Å². The summed E-state index contributed by atoms with van der Waals surface area (Å²) >= 11 is 10.9. The Hall–Kier alpha value is -2.26. The summed E-state index contributed by atoms with van der Waals surface area (Å²) in [5.41, 5.74) is 2.73. The number of pyridine rings is 1. The van der Waals surface area contributed by atoms with Crippen molar-refractivity contribution in [3.8, 4) is 11.3 Å². The van der Waals surface area contributed by atoms with Crippen LogP contribution < -0.4 is 4.90 Å². The van der Waals surface area contributed by atoms with Crippen LogP contribution in [0.3, 0.4) is 0 Å².